The van der Waals surface area contributed by atoms with E-state index in [0.717, 1.165) is 47.5 Å². The van der Waals surface area contributed by atoms with Gasteiger partial charge in [-0.25, -0.2) is 12.8 Å². The summed E-state index contributed by atoms with van der Waals surface area (Å²) in [6, 6.07) is 25.5. The third kappa shape index (κ3) is 8.62. The molecule has 0 aliphatic heterocycles. The molecule has 1 aliphatic carbocycles. The summed E-state index contributed by atoms with van der Waals surface area (Å²) < 4.78 is 44.8. The first-order valence-electron chi connectivity index (χ1n) is 16.3. The molecule has 0 saturated heterocycles. The van der Waals surface area contributed by atoms with Crippen LogP contribution < -0.4 is 9.62 Å². The third-order valence-corrected chi connectivity index (χ3v) is 10.8. The molecule has 1 fully saturated rings. The molecule has 0 spiro atoms. The van der Waals surface area contributed by atoms with Gasteiger partial charge in [0.1, 0.15) is 18.4 Å². The number of anilines is 1. The SMILES string of the molecule is Cc1ccc(S(=O)(=O)N(CC(=O)N(Cc2ccccc2F)[C@@H](Cc2ccccc2)C(=O)NC2CCCCC2)c2ccc(Cl)cc2C)cc1. The van der Waals surface area contributed by atoms with E-state index in [1.807, 2.05) is 37.3 Å². The lowest BCUT2D eigenvalue weighted by atomic mass is 9.94. The van der Waals surface area contributed by atoms with Gasteiger partial charge in [-0.15, -0.1) is 0 Å². The van der Waals surface area contributed by atoms with Gasteiger partial charge in [-0.3, -0.25) is 13.9 Å². The van der Waals surface area contributed by atoms with Crippen molar-refractivity contribution in [3.8, 4) is 0 Å². The van der Waals surface area contributed by atoms with Crippen LogP contribution in [0.2, 0.25) is 5.02 Å². The van der Waals surface area contributed by atoms with Crippen LogP contribution in [0.4, 0.5) is 10.1 Å². The molecular weight excluding hydrogens is 649 g/mol. The van der Waals surface area contributed by atoms with E-state index in [-0.39, 0.29) is 41.1 Å². The Labute approximate surface area is 287 Å². The van der Waals surface area contributed by atoms with Crippen molar-refractivity contribution in [2.24, 2.45) is 0 Å². The summed E-state index contributed by atoms with van der Waals surface area (Å²) in [6.45, 7) is 2.71. The summed E-state index contributed by atoms with van der Waals surface area (Å²) in [7, 11) is -4.28. The molecule has 2 amide bonds. The Bertz CT molecular complexity index is 1830. The number of amides is 2. The summed E-state index contributed by atoms with van der Waals surface area (Å²) in [5.74, 6) is -1.53. The summed E-state index contributed by atoms with van der Waals surface area (Å²) in [5.41, 5.74) is 2.71. The van der Waals surface area contributed by atoms with Crippen LogP contribution in [0.15, 0.2) is 102 Å². The first-order valence-corrected chi connectivity index (χ1v) is 18.1. The molecule has 0 unspecified atom stereocenters. The van der Waals surface area contributed by atoms with E-state index in [2.05, 4.69) is 5.32 Å². The van der Waals surface area contributed by atoms with Crippen LogP contribution in [-0.4, -0.2) is 43.8 Å². The minimum Gasteiger partial charge on any atom is -0.352 e. The van der Waals surface area contributed by atoms with Crippen LogP contribution in [0.25, 0.3) is 0 Å². The van der Waals surface area contributed by atoms with E-state index in [4.69, 9.17) is 11.6 Å². The lowest BCUT2D eigenvalue weighted by Crippen LogP contribution is -2.55. The van der Waals surface area contributed by atoms with Crippen molar-refractivity contribution in [3.05, 3.63) is 130 Å². The first-order chi connectivity index (χ1) is 23.0. The van der Waals surface area contributed by atoms with E-state index in [1.54, 1.807) is 55.5 Å². The Balaban J connectivity index is 1.59. The van der Waals surface area contributed by atoms with Gasteiger partial charge in [-0.2, -0.15) is 0 Å². The summed E-state index contributed by atoms with van der Waals surface area (Å²) in [6.07, 6.45) is 4.93. The van der Waals surface area contributed by atoms with E-state index in [9.17, 15) is 18.0 Å². The van der Waals surface area contributed by atoms with E-state index >= 15 is 4.39 Å². The second-order valence-corrected chi connectivity index (χ2v) is 14.7. The number of rotatable bonds is 12. The zero-order chi connectivity index (χ0) is 34.3. The normalized spacial score (nSPS) is 14.2. The molecule has 0 radical (unpaired) electrons. The second-order valence-electron chi connectivity index (χ2n) is 12.4. The van der Waals surface area contributed by atoms with Crippen molar-refractivity contribution >= 4 is 39.1 Å². The minimum atomic E-state index is -4.28. The lowest BCUT2D eigenvalue weighted by Gasteiger charge is -2.35. The maximum Gasteiger partial charge on any atom is 0.264 e. The Morgan fingerprint density at radius 2 is 1.56 bits per heavy atom. The Hall–Kier alpha value is -4.21. The summed E-state index contributed by atoms with van der Waals surface area (Å²) in [5, 5.41) is 3.58. The lowest BCUT2D eigenvalue weighted by molar-refractivity contribution is -0.140. The number of carbonyl (C=O) groups excluding carboxylic acids is 2. The van der Waals surface area contributed by atoms with Gasteiger partial charge in [0.05, 0.1) is 10.6 Å². The summed E-state index contributed by atoms with van der Waals surface area (Å²) >= 11 is 6.24. The fraction of sp³-hybridized carbons (Fsp3) is 0.316. The first kappa shape index (κ1) is 35.1. The van der Waals surface area contributed by atoms with E-state index < -0.39 is 34.3 Å². The molecule has 1 aliphatic rings. The standard InChI is InChI=1S/C38H41ClFN3O4S/c1-27-17-20-33(21-18-27)48(46,47)43(35-22-19-31(39)23-28(35)2)26-37(44)42(25-30-13-9-10-16-34(30)40)36(24-29-11-5-3-6-12-29)38(45)41-32-14-7-4-8-15-32/h3,5-6,9-13,16-23,32,36H,4,7-8,14-15,24-26H2,1-2H3,(H,41,45)/t36-/m0/s1. The van der Waals surface area contributed by atoms with Crippen molar-refractivity contribution in [2.45, 2.75) is 75.9 Å². The monoisotopic (exact) mass is 689 g/mol. The molecule has 7 nitrogen and oxygen atoms in total. The quantitative estimate of drug-likeness (QED) is 0.168. The molecule has 10 heteroatoms. The van der Waals surface area contributed by atoms with Crippen LogP contribution in [0.5, 0.6) is 0 Å². The number of benzene rings is 4. The number of sulfonamides is 1. The maximum absolute atomic E-state index is 15.2. The van der Waals surface area contributed by atoms with Gasteiger partial charge >= 0.3 is 0 Å². The Morgan fingerprint density at radius 3 is 2.23 bits per heavy atom. The van der Waals surface area contributed by atoms with Gasteiger partial charge in [0.25, 0.3) is 10.0 Å². The van der Waals surface area contributed by atoms with Gasteiger partial charge in [-0.05, 0) is 74.2 Å². The predicted octanol–water partition coefficient (Wildman–Crippen LogP) is 7.38. The second kappa shape index (κ2) is 15.8. The van der Waals surface area contributed by atoms with Gasteiger partial charge in [0.2, 0.25) is 11.8 Å². The smallest absolute Gasteiger partial charge is 0.264 e. The summed E-state index contributed by atoms with van der Waals surface area (Å²) in [4.78, 5) is 30.2. The molecule has 1 atom stereocenters. The van der Waals surface area contributed by atoms with Gasteiger partial charge in [0, 0.05) is 29.6 Å². The number of carbonyl (C=O) groups is 2. The largest absolute Gasteiger partial charge is 0.352 e. The van der Waals surface area contributed by atoms with E-state index in [1.165, 1.54) is 23.1 Å². The molecule has 48 heavy (non-hydrogen) atoms. The minimum absolute atomic E-state index is 0.00628. The molecule has 4 aromatic carbocycles. The molecular formula is C38H41ClFN3O4S. The number of aryl methyl sites for hydroxylation is 2. The fourth-order valence-corrected chi connectivity index (χ4v) is 7.86. The Morgan fingerprint density at radius 1 is 0.896 bits per heavy atom. The number of halogens is 2. The van der Waals surface area contributed by atoms with Crippen LogP contribution in [0.3, 0.4) is 0 Å². The molecule has 252 valence electrons. The number of nitrogens with one attached hydrogen (secondary N) is 1. The topological polar surface area (TPSA) is 86.8 Å². The van der Waals surface area contributed by atoms with Crippen molar-refractivity contribution in [2.75, 3.05) is 10.8 Å². The maximum atomic E-state index is 15.2. The fourth-order valence-electron chi connectivity index (χ4n) is 6.16. The van der Waals surface area contributed by atoms with Gasteiger partial charge < -0.3 is 10.2 Å². The molecule has 5 rings (SSSR count). The number of hydrogen-bond donors (Lipinski definition) is 1. The molecule has 1 saturated carbocycles. The number of hydrogen-bond acceptors (Lipinski definition) is 4. The highest BCUT2D eigenvalue weighted by Gasteiger charge is 2.36. The van der Waals surface area contributed by atoms with Crippen LogP contribution >= 0.6 is 11.6 Å². The number of nitrogens with zero attached hydrogens (tertiary/aromatic N) is 2. The predicted molar refractivity (Wildman–Crippen MR) is 188 cm³/mol. The van der Waals surface area contributed by atoms with Crippen LogP contribution in [0.1, 0.15) is 54.4 Å². The van der Waals surface area contributed by atoms with Crippen LogP contribution in [0, 0.1) is 19.7 Å². The van der Waals surface area contributed by atoms with Crippen molar-refractivity contribution in [1.29, 1.82) is 0 Å². The molecule has 0 heterocycles. The third-order valence-electron chi connectivity index (χ3n) is 8.84. The highest BCUT2D eigenvalue weighted by Crippen LogP contribution is 2.30. The van der Waals surface area contributed by atoms with Gasteiger partial charge in [0.15, 0.2) is 0 Å². The Kier molecular flexibility index (Phi) is 11.5. The van der Waals surface area contributed by atoms with E-state index in [0.29, 0.717) is 10.6 Å². The zero-order valence-electron chi connectivity index (χ0n) is 27.2. The molecule has 0 bridgehead atoms. The highest BCUT2D eigenvalue weighted by atomic mass is 35.5. The highest BCUT2D eigenvalue weighted by molar-refractivity contribution is 7.92. The van der Waals surface area contributed by atoms with Crippen LogP contribution in [-0.2, 0) is 32.6 Å². The van der Waals surface area contributed by atoms with Crippen molar-refractivity contribution in [1.82, 2.24) is 10.2 Å². The molecule has 0 aromatic heterocycles. The molecule has 4 aromatic rings. The van der Waals surface area contributed by atoms with Crippen molar-refractivity contribution < 1.29 is 22.4 Å². The van der Waals surface area contributed by atoms with Gasteiger partial charge in [-0.1, -0.05) is 97.1 Å². The average molecular weight is 690 g/mol. The zero-order valence-corrected chi connectivity index (χ0v) is 28.8. The molecule has 1 N–H and O–H groups in total. The van der Waals surface area contributed by atoms with Crippen molar-refractivity contribution in [3.63, 3.8) is 0 Å². The average Bonchev–Trinajstić information content (AvgIpc) is 3.07.